The highest BCUT2D eigenvalue weighted by Crippen LogP contribution is 2.45. The molecule has 12 heteroatoms. The molecule has 2 aliphatic carbocycles. The number of aryl methyl sites for hydroxylation is 1. The number of anilines is 5. The van der Waals surface area contributed by atoms with E-state index in [1.807, 2.05) is 6.92 Å². The Morgan fingerprint density at radius 1 is 1.11 bits per heavy atom. The summed E-state index contributed by atoms with van der Waals surface area (Å²) in [5.74, 6) is -0.0965. The maximum absolute atomic E-state index is 13.2. The van der Waals surface area contributed by atoms with Gasteiger partial charge in [-0.1, -0.05) is 18.2 Å². The van der Waals surface area contributed by atoms with Gasteiger partial charge in [-0.05, 0) is 36.3 Å². The lowest BCUT2D eigenvalue weighted by Crippen LogP contribution is -2.19. The van der Waals surface area contributed by atoms with Crippen molar-refractivity contribution in [1.29, 1.82) is 0 Å². The first kappa shape index (κ1) is 23.3. The van der Waals surface area contributed by atoms with E-state index in [1.165, 1.54) is 6.33 Å². The normalized spacial score (nSPS) is 16.5. The third-order valence-corrected chi connectivity index (χ3v) is 5.80. The summed E-state index contributed by atoms with van der Waals surface area (Å²) >= 11 is 0. The molecule has 3 aromatic rings. The lowest BCUT2D eigenvalue weighted by Gasteiger charge is -2.17. The van der Waals surface area contributed by atoms with Crippen molar-refractivity contribution in [3.8, 4) is 0 Å². The SMILES string of the molecule is Cc1ccc(NC(=O)C2=CC(C(F)(F)F)=C[C@@H]3C=C23)cc1Nc1ncnc2c(N)nc(N(C)C)nc12. The second-order valence-corrected chi connectivity index (χ2v) is 8.66. The van der Waals surface area contributed by atoms with Gasteiger partial charge >= 0.3 is 6.18 Å². The zero-order chi connectivity index (χ0) is 25.8. The number of fused-ring (bicyclic) bond motifs is 2. The first-order valence-corrected chi connectivity index (χ1v) is 10.9. The van der Waals surface area contributed by atoms with E-state index in [1.54, 1.807) is 43.3 Å². The maximum atomic E-state index is 13.2. The average molecular weight is 494 g/mol. The van der Waals surface area contributed by atoms with Crippen molar-refractivity contribution in [3.05, 3.63) is 65.0 Å². The lowest BCUT2D eigenvalue weighted by molar-refractivity contribution is -0.112. The van der Waals surface area contributed by atoms with Crippen molar-refractivity contribution in [3.63, 3.8) is 0 Å². The minimum absolute atomic E-state index is 0.00935. The van der Waals surface area contributed by atoms with E-state index in [4.69, 9.17) is 5.73 Å². The van der Waals surface area contributed by atoms with E-state index in [0.29, 0.717) is 39.7 Å². The van der Waals surface area contributed by atoms with Gasteiger partial charge in [-0.3, -0.25) is 4.79 Å². The number of nitrogens with two attached hydrogens (primary N) is 1. The number of hydrogen-bond donors (Lipinski definition) is 3. The van der Waals surface area contributed by atoms with Crippen LogP contribution >= 0.6 is 0 Å². The van der Waals surface area contributed by atoms with Gasteiger partial charge in [0.1, 0.15) is 17.4 Å². The molecular formula is C24H21F3N8O. The van der Waals surface area contributed by atoms with Crippen molar-refractivity contribution < 1.29 is 18.0 Å². The first-order valence-electron chi connectivity index (χ1n) is 10.9. The van der Waals surface area contributed by atoms with Gasteiger partial charge in [0.2, 0.25) is 5.95 Å². The zero-order valence-corrected chi connectivity index (χ0v) is 19.5. The van der Waals surface area contributed by atoms with Crippen LogP contribution in [-0.4, -0.2) is 46.1 Å². The Balaban J connectivity index is 1.43. The summed E-state index contributed by atoms with van der Waals surface area (Å²) in [5, 5.41) is 5.89. The molecule has 0 saturated carbocycles. The molecule has 0 fully saturated rings. The smallest absolute Gasteiger partial charge is 0.382 e. The number of carbonyl (C=O) groups excluding carboxylic acids is 1. The Bertz CT molecular complexity index is 1510. The number of alkyl halides is 3. The molecular weight excluding hydrogens is 473 g/mol. The van der Waals surface area contributed by atoms with Crippen LogP contribution in [0.15, 0.2) is 59.5 Å². The number of aromatic nitrogens is 4. The summed E-state index contributed by atoms with van der Waals surface area (Å²) in [6, 6.07) is 5.11. The van der Waals surface area contributed by atoms with E-state index < -0.39 is 23.6 Å². The number of nitrogen functional groups attached to an aromatic ring is 1. The summed E-state index contributed by atoms with van der Waals surface area (Å²) in [6.07, 6.45) is 0.444. The van der Waals surface area contributed by atoms with Crippen LogP contribution in [0.2, 0.25) is 0 Å². The number of benzene rings is 1. The molecule has 0 saturated heterocycles. The van der Waals surface area contributed by atoms with E-state index in [-0.39, 0.29) is 11.4 Å². The van der Waals surface area contributed by atoms with Gasteiger partial charge in [0.25, 0.3) is 5.91 Å². The van der Waals surface area contributed by atoms with Crippen LogP contribution < -0.4 is 21.3 Å². The Kier molecular flexibility index (Phi) is 5.38. The van der Waals surface area contributed by atoms with Crippen molar-refractivity contribution in [2.45, 2.75) is 13.1 Å². The van der Waals surface area contributed by atoms with Crippen LogP contribution in [0.4, 0.5) is 42.1 Å². The zero-order valence-electron chi connectivity index (χ0n) is 19.5. The van der Waals surface area contributed by atoms with Crippen LogP contribution in [0.5, 0.6) is 0 Å². The van der Waals surface area contributed by atoms with E-state index >= 15 is 0 Å². The number of nitrogens with zero attached hydrogens (tertiary/aromatic N) is 5. The summed E-state index contributed by atoms with van der Waals surface area (Å²) in [6.45, 7) is 1.86. The highest BCUT2D eigenvalue weighted by Gasteiger charge is 2.41. The summed E-state index contributed by atoms with van der Waals surface area (Å²) in [5.41, 5.74) is 8.46. The molecule has 0 spiro atoms. The molecule has 2 aliphatic rings. The number of halogens is 3. The standard InChI is InChI=1S/C24H21F3N8O/c1-11-4-5-14(31-22(36)16-8-13(24(25,26)27)6-12-7-15(12)16)9-17(11)32-21-19-18(29-10-30-21)20(28)34-23(33-19)35(2)3/h4-10,12H,1-3H3,(H,31,36)(H2,28,33,34)(H,29,30,32)/t12-/m1/s1. The molecule has 1 aromatic carbocycles. The Hall–Kier alpha value is -4.48. The Morgan fingerprint density at radius 2 is 1.89 bits per heavy atom. The average Bonchev–Trinajstić information content (AvgIpc) is 3.60. The monoisotopic (exact) mass is 494 g/mol. The van der Waals surface area contributed by atoms with E-state index in [0.717, 1.165) is 17.7 Å². The minimum atomic E-state index is -4.52. The summed E-state index contributed by atoms with van der Waals surface area (Å²) in [4.78, 5) is 31.8. The summed E-state index contributed by atoms with van der Waals surface area (Å²) in [7, 11) is 3.56. The number of hydrogen-bond acceptors (Lipinski definition) is 8. The molecule has 184 valence electrons. The number of amides is 1. The van der Waals surface area contributed by atoms with Crippen LogP contribution in [0.1, 0.15) is 5.56 Å². The van der Waals surface area contributed by atoms with Gasteiger partial charge in [-0.2, -0.15) is 18.2 Å². The fraction of sp³-hybridized carbons (Fsp3) is 0.208. The predicted molar refractivity (Wildman–Crippen MR) is 131 cm³/mol. The van der Waals surface area contributed by atoms with Gasteiger partial charge in [-0.15, -0.1) is 0 Å². The third-order valence-electron chi connectivity index (χ3n) is 5.80. The number of carbonyl (C=O) groups is 1. The van der Waals surface area contributed by atoms with Gasteiger partial charge in [0.15, 0.2) is 11.6 Å². The second kappa shape index (κ2) is 8.33. The molecule has 0 bridgehead atoms. The second-order valence-electron chi connectivity index (χ2n) is 8.66. The van der Waals surface area contributed by atoms with Crippen molar-refractivity contribution in [2.75, 3.05) is 35.4 Å². The topological polar surface area (TPSA) is 122 Å². The van der Waals surface area contributed by atoms with Crippen LogP contribution in [0.25, 0.3) is 11.0 Å². The molecule has 4 N–H and O–H groups in total. The van der Waals surface area contributed by atoms with Crippen LogP contribution in [0, 0.1) is 12.8 Å². The van der Waals surface area contributed by atoms with Crippen molar-refractivity contribution in [1.82, 2.24) is 19.9 Å². The van der Waals surface area contributed by atoms with Gasteiger partial charge in [0.05, 0.1) is 5.57 Å². The van der Waals surface area contributed by atoms with Crippen LogP contribution in [-0.2, 0) is 4.79 Å². The molecule has 1 amide bonds. The fourth-order valence-electron chi connectivity index (χ4n) is 3.82. The Morgan fingerprint density at radius 3 is 2.61 bits per heavy atom. The van der Waals surface area contributed by atoms with Gasteiger partial charge < -0.3 is 21.3 Å². The number of rotatable bonds is 5. The third kappa shape index (κ3) is 4.32. The lowest BCUT2D eigenvalue weighted by atomic mass is 9.98. The predicted octanol–water partition coefficient (Wildman–Crippen LogP) is 4.04. The molecule has 36 heavy (non-hydrogen) atoms. The molecule has 0 radical (unpaired) electrons. The maximum Gasteiger partial charge on any atom is 0.416 e. The largest absolute Gasteiger partial charge is 0.416 e. The number of allylic oxidation sites excluding steroid dienone is 4. The Labute approximate surface area is 203 Å². The molecule has 5 rings (SSSR count). The highest BCUT2D eigenvalue weighted by atomic mass is 19.4. The van der Waals surface area contributed by atoms with Crippen molar-refractivity contribution in [2.24, 2.45) is 5.92 Å². The quantitative estimate of drug-likeness (QED) is 0.486. The van der Waals surface area contributed by atoms with Crippen molar-refractivity contribution >= 4 is 45.9 Å². The molecule has 0 unspecified atom stereocenters. The first-order chi connectivity index (χ1) is 17.0. The minimum Gasteiger partial charge on any atom is -0.382 e. The van der Waals surface area contributed by atoms with E-state index in [2.05, 4.69) is 30.6 Å². The molecule has 9 nitrogen and oxygen atoms in total. The van der Waals surface area contributed by atoms with Crippen LogP contribution in [0.3, 0.4) is 0 Å². The molecule has 2 heterocycles. The molecule has 2 aromatic heterocycles. The van der Waals surface area contributed by atoms with Gasteiger partial charge in [-0.25, -0.2) is 15.0 Å². The molecule has 0 aliphatic heterocycles. The van der Waals surface area contributed by atoms with Gasteiger partial charge in [0, 0.05) is 37.0 Å². The molecule has 1 atom stereocenters. The van der Waals surface area contributed by atoms with E-state index in [9.17, 15) is 18.0 Å². The highest BCUT2D eigenvalue weighted by molar-refractivity contribution is 6.09. The summed E-state index contributed by atoms with van der Waals surface area (Å²) < 4.78 is 39.6. The fourth-order valence-corrected chi connectivity index (χ4v) is 3.82. The number of nitrogens with one attached hydrogen (secondary N) is 2.